The summed E-state index contributed by atoms with van der Waals surface area (Å²) in [5.41, 5.74) is 1.67. The summed E-state index contributed by atoms with van der Waals surface area (Å²) in [5, 5.41) is 11.3. The van der Waals surface area contributed by atoms with Crippen LogP contribution >= 0.6 is 0 Å². The van der Waals surface area contributed by atoms with Crippen molar-refractivity contribution in [2.45, 2.75) is 18.6 Å². The predicted molar refractivity (Wildman–Crippen MR) is 121 cm³/mol. The monoisotopic (exact) mass is 449 g/mol. The van der Waals surface area contributed by atoms with E-state index in [2.05, 4.69) is 27.6 Å². The second-order valence-electron chi connectivity index (χ2n) is 8.31. The van der Waals surface area contributed by atoms with Gasteiger partial charge in [0.2, 0.25) is 0 Å². The van der Waals surface area contributed by atoms with Gasteiger partial charge in [0, 0.05) is 39.8 Å². The Hall–Kier alpha value is -3.50. The molecule has 1 fully saturated rings. The number of fused-ring (bicyclic) bond motifs is 1. The number of carbonyl (C=O) groups excluding carboxylic acids is 2. The van der Waals surface area contributed by atoms with Gasteiger partial charge in [-0.05, 0) is 11.6 Å². The summed E-state index contributed by atoms with van der Waals surface area (Å²) in [6, 6.07) is 9.87. The molecule has 0 bridgehead atoms. The highest BCUT2D eigenvalue weighted by Gasteiger charge is 2.35. The third-order valence-corrected chi connectivity index (χ3v) is 6.19. The molecule has 3 aliphatic rings. The highest BCUT2D eigenvalue weighted by molar-refractivity contribution is 6.06. The largest absolute Gasteiger partial charge is 0.378 e. The van der Waals surface area contributed by atoms with Gasteiger partial charge in [0.25, 0.3) is 11.8 Å². The average Bonchev–Trinajstić information content (AvgIpc) is 3.39. The van der Waals surface area contributed by atoms with E-state index in [1.54, 1.807) is 11.9 Å². The van der Waals surface area contributed by atoms with E-state index in [1.807, 2.05) is 42.5 Å². The molecule has 10 nitrogen and oxygen atoms in total. The van der Waals surface area contributed by atoms with Gasteiger partial charge in [-0.1, -0.05) is 30.3 Å². The molecule has 10 heteroatoms. The maximum Gasteiger partial charge on any atom is 0.270 e. The van der Waals surface area contributed by atoms with Crippen LogP contribution in [0.25, 0.3) is 0 Å². The number of benzene rings is 1. The summed E-state index contributed by atoms with van der Waals surface area (Å²) in [6.07, 6.45) is 5.79. The number of nitrogens with zero attached hydrogens (tertiary/aromatic N) is 6. The van der Waals surface area contributed by atoms with Crippen LogP contribution in [-0.2, 0) is 11.8 Å². The Bertz CT molecular complexity index is 1100. The molecule has 2 atom stereocenters. The number of aliphatic imine (C=N–C) groups is 1. The van der Waals surface area contributed by atoms with Crippen molar-refractivity contribution in [3.8, 4) is 0 Å². The van der Waals surface area contributed by atoms with Gasteiger partial charge >= 0.3 is 0 Å². The van der Waals surface area contributed by atoms with Gasteiger partial charge in [-0.15, -0.1) is 0 Å². The van der Waals surface area contributed by atoms with Crippen molar-refractivity contribution in [1.82, 2.24) is 30.0 Å². The fraction of sp³-hybridized carbons (Fsp3) is 0.391. The van der Waals surface area contributed by atoms with Crippen LogP contribution < -0.4 is 5.32 Å². The lowest BCUT2D eigenvalue weighted by atomic mass is 10.1. The molecule has 2 amide bonds. The van der Waals surface area contributed by atoms with E-state index in [1.165, 1.54) is 10.9 Å². The lowest BCUT2D eigenvalue weighted by Gasteiger charge is -2.31. The smallest absolute Gasteiger partial charge is 0.270 e. The minimum Gasteiger partial charge on any atom is -0.378 e. The molecule has 2 aromatic rings. The van der Waals surface area contributed by atoms with E-state index in [0.717, 1.165) is 11.4 Å². The SMILES string of the molecule is CN1C(c2ccccc2)N=C2CC(NC(=O)c3c(C(=O)N4CCOCC4)cnn3C)C=CN21. The Morgan fingerprint density at radius 3 is 2.64 bits per heavy atom. The number of aromatic nitrogens is 2. The highest BCUT2D eigenvalue weighted by Crippen LogP contribution is 2.31. The first-order valence-electron chi connectivity index (χ1n) is 11.0. The Morgan fingerprint density at radius 1 is 1.12 bits per heavy atom. The number of ether oxygens (including phenoxy) is 1. The number of rotatable bonds is 4. The van der Waals surface area contributed by atoms with Gasteiger partial charge in [0.15, 0.2) is 0 Å². The van der Waals surface area contributed by atoms with Crippen molar-refractivity contribution in [2.24, 2.45) is 12.0 Å². The van der Waals surface area contributed by atoms with Crippen LogP contribution in [0.2, 0.25) is 0 Å². The molecule has 0 radical (unpaired) electrons. The van der Waals surface area contributed by atoms with E-state index in [0.29, 0.717) is 38.3 Å². The van der Waals surface area contributed by atoms with Gasteiger partial charge in [0.1, 0.15) is 17.7 Å². The molecular weight excluding hydrogens is 422 g/mol. The van der Waals surface area contributed by atoms with Crippen molar-refractivity contribution in [3.05, 3.63) is 65.6 Å². The van der Waals surface area contributed by atoms with E-state index >= 15 is 0 Å². The van der Waals surface area contributed by atoms with Crippen LogP contribution in [0.15, 0.2) is 53.8 Å². The van der Waals surface area contributed by atoms with Crippen LogP contribution in [0.4, 0.5) is 0 Å². The summed E-state index contributed by atoms with van der Waals surface area (Å²) < 4.78 is 6.78. The predicted octanol–water partition coefficient (Wildman–Crippen LogP) is 1.17. The summed E-state index contributed by atoms with van der Waals surface area (Å²) in [6.45, 7) is 2.01. The van der Waals surface area contributed by atoms with Gasteiger partial charge in [-0.2, -0.15) is 10.1 Å². The molecule has 5 rings (SSSR count). The van der Waals surface area contributed by atoms with Crippen LogP contribution in [0.3, 0.4) is 0 Å². The Kier molecular flexibility index (Phi) is 5.69. The molecule has 1 saturated heterocycles. The molecule has 4 heterocycles. The van der Waals surface area contributed by atoms with Crippen LogP contribution in [-0.4, -0.2) is 81.7 Å². The van der Waals surface area contributed by atoms with Gasteiger partial charge in [-0.3, -0.25) is 19.3 Å². The summed E-state index contributed by atoms with van der Waals surface area (Å²) >= 11 is 0. The van der Waals surface area contributed by atoms with Crippen molar-refractivity contribution < 1.29 is 14.3 Å². The van der Waals surface area contributed by atoms with Crippen molar-refractivity contribution in [3.63, 3.8) is 0 Å². The van der Waals surface area contributed by atoms with E-state index < -0.39 is 0 Å². The second-order valence-corrected chi connectivity index (χ2v) is 8.31. The molecule has 0 spiro atoms. The summed E-state index contributed by atoms with van der Waals surface area (Å²) in [7, 11) is 3.67. The molecule has 1 aromatic carbocycles. The fourth-order valence-corrected chi connectivity index (χ4v) is 4.42. The van der Waals surface area contributed by atoms with Gasteiger partial charge in [0.05, 0.1) is 31.0 Å². The first kappa shape index (κ1) is 21.4. The number of aryl methyl sites for hydroxylation is 1. The number of nitrogens with one attached hydrogen (secondary N) is 1. The van der Waals surface area contributed by atoms with Crippen molar-refractivity contribution in [2.75, 3.05) is 33.4 Å². The molecule has 2 unspecified atom stereocenters. The van der Waals surface area contributed by atoms with E-state index in [-0.39, 0.29) is 29.7 Å². The first-order chi connectivity index (χ1) is 16.0. The van der Waals surface area contributed by atoms with Crippen LogP contribution in [0.5, 0.6) is 0 Å². The highest BCUT2D eigenvalue weighted by atomic mass is 16.5. The first-order valence-corrected chi connectivity index (χ1v) is 11.0. The lowest BCUT2D eigenvalue weighted by Crippen LogP contribution is -2.45. The maximum atomic E-state index is 13.2. The van der Waals surface area contributed by atoms with Crippen molar-refractivity contribution >= 4 is 17.6 Å². The standard InChI is InChI=1S/C23H27N7O3/c1-27-20(18(15-24-27)23(32)29-10-12-33-13-11-29)22(31)25-17-8-9-30-19(14-17)26-21(28(30)2)16-6-4-3-5-7-16/h3-9,15,17,21H,10-14H2,1-2H3,(H,25,31). The quantitative estimate of drug-likeness (QED) is 0.753. The molecule has 0 saturated carbocycles. The number of hydrogen-bond donors (Lipinski definition) is 1. The molecule has 3 aliphatic heterocycles. The maximum absolute atomic E-state index is 13.2. The average molecular weight is 450 g/mol. The number of carbonyl (C=O) groups is 2. The number of amides is 2. The summed E-state index contributed by atoms with van der Waals surface area (Å²) in [5.74, 6) is 0.351. The van der Waals surface area contributed by atoms with Crippen LogP contribution in [0.1, 0.15) is 39.0 Å². The zero-order chi connectivity index (χ0) is 22.9. The Labute approximate surface area is 192 Å². The fourth-order valence-electron chi connectivity index (χ4n) is 4.42. The zero-order valence-electron chi connectivity index (χ0n) is 18.7. The lowest BCUT2D eigenvalue weighted by molar-refractivity contribution is 0.0301. The third kappa shape index (κ3) is 4.03. The van der Waals surface area contributed by atoms with E-state index in [9.17, 15) is 9.59 Å². The van der Waals surface area contributed by atoms with Gasteiger partial charge < -0.3 is 15.0 Å². The molecular formula is C23H27N7O3. The normalized spacial score (nSPS) is 22.8. The summed E-state index contributed by atoms with van der Waals surface area (Å²) in [4.78, 5) is 32.7. The minimum absolute atomic E-state index is 0.102. The molecule has 1 aromatic heterocycles. The number of hydrazine groups is 1. The van der Waals surface area contributed by atoms with E-state index in [4.69, 9.17) is 9.73 Å². The third-order valence-electron chi connectivity index (χ3n) is 6.19. The second kappa shape index (κ2) is 8.80. The number of amidine groups is 1. The Balaban J connectivity index is 1.31. The van der Waals surface area contributed by atoms with Crippen LogP contribution in [0, 0.1) is 0 Å². The zero-order valence-corrected chi connectivity index (χ0v) is 18.7. The Morgan fingerprint density at radius 2 is 1.88 bits per heavy atom. The molecule has 1 N–H and O–H groups in total. The van der Waals surface area contributed by atoms with Crippen molar-refractivity contribution in [1.29, 1.82) is 0 Å². The number of hydrogen-bond acceptors (Lipinski definition) is 7. The number of morpholine rings is 1. The topological polar surface area (TPSA) is 95.3 Å². The minimum atomic E-state index is -0.332. The molecule has 0 aliphatic carbocycles. The molecule has 33 heavy (non-hydrogen) atoms. The molecule has 172 valence electrons. The van der Waals surface area contributed by atoms with Gasteiger partial charge in [-0.25, -0.2) is 4.99 Å².